The van der Waals surface area contributed by atoms with Gasteiger partial charge in [-0.1, -0.05) is 0 Å². The first-order chi connectivity index (χ1) is 3.66. The van der Waals surface area contributed by atoms with Gasteiger partial charge in [0, 0.05) is 18.3 Å². The van der Waals surface area contributed by atoms with E-state index in [2.05, 4.69) is 17.5 Å². The Bertz CT molecular complexity index is 115. The molecule has 1 unspecified atom stereocenters. The molecular weight excluding hydrogens is 148 g/mol. The van der Waals surface area contributed by atoms with E-state index < -0.39 is 11.3 Å². The van der Waals surface area contributed by atoms with E-state index in [0.29, 0.717) is 0 Å². The summed E-state index contributed by atoms with van der Waals surface area (Å²) >= 11 is 2.12. The molecule has 2 N–H and O–H groups in total. The van der Waals surface area contributed by atoms with Crippen LogP contribution in [0.2, 0.25) is 0 Å². The Labute approximate surface area is 55.1 Å². The van der Waals surface area contributed by atoms with Crippen LogP contribution in [0.4, 0.5) is 0 Å². The predicted octanol–water partition coefficient (Wildman–Crippen LogP) is -1.13. The molecule has 0 aliphatic rings. The number of thiocarbonyl (C=S) groups is 1. The van der Waals surface area contributed by atoms with E-state index in [0.717, 1.165) is 0 Å². The molecule has 0 saturated heterocycles. The van der Waals surface area contributed by atoms with Crippen molar-refractivity contribution < 1.29 is 8.76 Å². The Morgan fingerprint density at radius 2 is 2.38 bits per heavy atom. The maximum Gasteiger partial charge on any atom is 0.177 e. The number of hydrogen-bond acceptors (Lipinski definition) is 3. The van der Waals surface area contributed by atoms with Gasteiger partial charge in [-0.3, -0.25) is 8.93 Å². The average molecular weight is 153 g/mol. The second kappa shape index (κ2) is 3.76. The maximum absolute atomic E-state index is 9.73. The van der Waals surface area contributed by atoms with Crippen molar-refractivity contribution in [2.75, 3.05) is 7.05 Å². The summed E-state index contributed by atoms with van der Waals surface area (Å²) in [5.41, 5.74) is 0. The lowest BCUT2D eigenvalue weighted by Crippen LogP contribution is -2.33. The average Bonchev–Trinajstić information content (AvgIpc) is 1.65. The van der Waals surface area contributed by atoms with Crippen molar-refractivity contribution in [1.82, 2.24) is 10.0 Å². The molecule has 0 aromatic rings. The van der Waals surface area contributed by atoms with E-state index >= 15 is 0 Å². The molecular formula is C2H5N2O2S2-. The fourth-order valence-electron chi connectivity index (χ4n) is 0.127. The van der Waals surface area contributed by atoms with Gasteiger partial charge in [0.05, 0.1) is 0 Å². The van der Waals surface area contributed by atoms with Gasteiger partial charge >= 0.3 is 0 Å². The topological polar surface area (TPSA) is 64.2 Å². The van der Waals surface area contributed by atoms with Crippen molar-refractivity contribution in [3.05, 3.63) is 0 Å². The SMILES string of the molecule is CNC(=S)NS(=O)[O-]. The first kappa shape index (κ1) is 7.80. The zero-order valence-corrected chi connectivity index (χ0v) is 5.77. The monoisotopic (exact) mass is 153 g/mol. The van der Waals surface area contributed by atoms with Crippen molar-refractivity contribution in [1.29, 1.82) is 0 Å². The zero-order chi connectivity index (χ0) is 6.57. The minimum Gasteiger partial charge on any atom is -0.755 e. The molecule has 0 aromatic heterocycles. The van der Waals surface area contributed by atoms with Gasteiger partial charge in [-0.25, -0.2) is 0 Å². The molecule has 0 amide bonds. The van der Waals surface area contributed by atoms with E-state index in [1.54, 1.807) is 0 Å². The van der Waals surface area contributed by atoms with Crippen molar-refractivity contribution in [3.63, 3.8) is 0 Å². The van der Waals surface area contributed by atoms with Gasteiger partial charge in [-0.05, 0) is 12.2 Å². The van der Waals surface area contributed by atoms with Gasteiger partial charge in [-0.2, -0.15) is 0 Å². The molecule has 0 spiro atoms. The highest BCUT2D eigenvalue weighted by atomic mass is 32.2. The fourth-order valence-corrected chi connectivity index (χ4v) is 0.584. The van der Waals surface area contributed by atoms with E-state index in [9.17, 15) is 8.76 Å². The van der Waals surface area contributed by atoms with Crippen LogP contribution in [0.3, 0.4) is 0 Å². The minimum atomic E-state index is -2.30. The van der Waals surface area contributed by atoms with Crippen LogP contribution in [-0.2, 0) is 11.3 Å². The van der Waals surface area contributed by atoms with Crippen LogP contribution in [0.25, 0.3) is 0 Å². The van der Waals surface area contributed by atoms with Crippen molar-refractivity contribution >= 4 is 28.6 Å². The number of hydrogen-bond donors (Lipinski definition) is 2. The van der Waals surface area contributed by atoms with Gasteiger partial charge in [0.1, 0.15) is 0 Å². The molecule has 48 valence electrons. The molecule has 0 fully saturated rings. The summed E-state index contributed by atoms with van der Waals surface area (Å²) in [6.07, 6.45) is 0. The summed E-state index contributed by atoms with van der Waals surface area (Å²) in [5, 5.41) is 2.52. The summed E-state index contributed by atoms with van der Waals surface area (Å²) in [5.74, 6) is 0. The summed E-state index contributed by atoms with van der Waals surface area (Å²) < 4.78 is 21.4. The van der Waals surface area contributed by atoms with Crippen molar-refractivity contribution in [2.24, 2.45) is 0 Å². The van der Waals surface area contributed by atoms with Crippen LogP contribution in [0.5, 0.6) is 0 Å². The highest BCUT2D eigenvalue weighted by Gasteiger charge is 1.84. The lowest BCUT2D eigenvalue weighted by atomic mass is 11.1. The number of nitrogens with one attached hydrogen (secondary N) is 2. The Morgan fingerprint density at radius 3 is 2.50 bits per heavy atom. The molecule has 0 bridgehead atoms. The Kier molecular flexibility index (Phi) is 3.67. The van der Waals surface area contributed by atoms with Crippen LogP contribution < -0.4 is 10.0 Å². The maximum atomic E-state index is 9.73. The highest BCUT2D eigenvalue weighted by molar-refractivity contribution is 7.83. The lowest BCUT2D eigenvalue weighted by Gasteiger charge is -2.07. The molecule has 0 saturated carbocycles. The quantitative estimate of drug-likeness (QED) is 0.370. The van der Waals surface area contributed by atoms with E-state index in [-0.39, 0.29) is 5.11 Å². The third-order valence-corrected chi connectivity index (χ3v) is 1.21. The smallest absolute Gasteiger partial charge is 0.177 e. The van der Waals surface area contributed by atoms with Gasteiger partial charge in [0.15, 0.2) is 5.11 Å². The molecule has 0 heterocycles. The molecule has 4 nitrogen and oxygen atoms in total. The second-order valence-corrected chi connectivity index (χ2v) is 2.00. The fraction of sp³-hybridized carbons (Fsp3) is 0.500. The third-order valence-electron chi connectivity index (χ3n) is 0.403. The van der Waals surface area contributed by atoms with Crippen LogP contribution in [0.15, 0.2) is 0 Å². The van der Waals surface area contributed by atoms with Crippen molar-refractivity contribution in [2.45, 2.75) is 0 Å². The zero-order valence-electron chi connectivity index (χ0n) is 4.13. The van der Waals surface area contributed by atoms with Crippen molar-refractivity contribution in [3.8, 4) is 0 Å². The molecule has 6 heteroatoms. The molecule has 0 aliphatic carbocycles. The van der Waals surface area contributed by atoms with Crippen LogP contribution in [0, 0.1) is 0 Å². The van der Waals surface area contributed by atoms with E-state index in [1.807, 2.05) is 4.72 Å². The largest absolute Gasteiger partial charge is 0.755 e. The van der Waals surface area contributed by atoms with E-state index in [4.69, 9.17) is 0 Å². The van der Waals surface area contributed by atoms with Gasteiger partial charge in [0.25, 0.3) is 0 Å². The summed E-state index contributed by atoms with van der Waals surface area (Å²) in [6.45, 7) is 0. The van der Waals surface area contributed by atoms with Crippen LogP contribution >= 0.6 is 12.2 Å². The molecule has 0 aromatic carbocycles. The highest BCUT2D eigenvalue weighted by Crippen LogP contribution is 1.63. The molecule has 0 rings (SSSR count). The molecule has 8 heavy (non-hydrogen) atoms. The molecule has 1 atom stereocenters. The van der Waals surface area contributed by atoms with E-state index in [1.165, 1.54) is 7.05 Å². The normalized spacial score (nSPS) is 12.2. The van der Waals surface area contributed by atoms with Gasteiger partial charge in [-0.15, -0.1) is 0 Å². The third kappa shape index (κ3) is 3.97. The van der Waals surface area contributed by atoms with Crippen LogP contribution in [-0.4, -0.2) is 20.9 Å². The Balaban J connectivity index is 3.40. The Morgan fingerprint density at radius 1 is 1.88 bits per heavy atom. The molecule has 0 aliphatic heterocycles. The standard InChI is InChI=1S/C2H6N2O2S2/c1-3-2(7)4-8(5)6/h1H3,(H,5,6)(H2,3,4,7)/p-1. The van der Waals surface area contributed by atoms with Gasteiger partial charge < -0.3 is 9.87 Å². The summed E-state index contributed by atoms with van der Waals surface area (Å²) in [4.78, 5) is 0. The number of rotatable bonds is 1. The predicted molar refractivity (Wildman–Crippen MR) is 33.7 cm³/mol. The van der Waals surface area contributed by atoms with Gasteiger partial charge in [0.2, 0.25) is 0 Å². The summed E-state index contributed by atoms with van der Waals surface area (Å²) in [7, 11) is 1.53. The minimum absolute atomic E-state index is 0.0957. The first-order valence-electron chi connectivity index (χ1n) is 1.74. The van der Waals surface area contributed by atoms with Crippen LogP contribution in [0.1, 0.15) is 0 Å². The summed E-state index contributed by atoms with van der Waals surface area (Å²) in [6, 6.07) is 0. The second-order valence-electron chi connectivity index (χ2n) is 0.916. The molecule has 0 radical (unpaired) electrons. The first-order valence-corrected chi connectivity index (χ1v) is 3.22. The Hall–Kier alpha value is -0.200. The lowest BCUT2D eigenvalue weighted by molar-refractivity contribution is 0.533.